The largest absolute Gasteiger partial charge is 0.497 e. The van der Waals surface area contributed by atoms with Gasteiger partial charge in [0.2, 0.25) is 0 Å². The fraction of sp³-hybridized carbons (Fsp3) is 0.500. The molecule has 0 saturated carbocycles. The van der Waals surface area contributed by atoms with Crippen LogP contribution in [0.1, 0.15) is 12.0 Å². The molecule has 0 amide bonds. The van der Waals surface area contributed by atoms with Crippen molar-refractivity contribution in [3.05, 3.63) is 29.8 Å². The molecule has 0 radical (unpaired) electrons. The van der Waals surface area contributed by atoms with Crippen LogP contribution in [0.15, 0.2) is 24.3 Å². The first-order valence-corrected chi connectivity index (χ1v) is 7.38. The highest BCUT2D eigenvalue weighted by Crippen LogP contribution is 2.19. The third kappa shape index (κ3) is 2.98. The van der Waals surface area contributed by atoms with Crippen molar-refractivity contribution in [2.45, 2.75) is 17.4 Å². The van der Waals surface area contributed by atoms with Crippen molar-refractivity contribution >= 4 is 9.84 Å². The summed E-state index contributed by atoms with van der Waals surface area (Å²) in [7, 11) is -1.48. The lowest BCUT2D eigenvalue weighted by atomic mass is 10.2. The zero-order valence-electron chi connectivity index (χ0n) is 9.85. The molecule has 1 fully saturated rings. The standard InChI is InChI=1S/C12H17NO3S/c1-16-11-4-2-3-10(7-11)9-17(14,15)12-5-6-13-8-12/h2-4,7,12-13H,5-6,8-9H2,1H3. The summed E-state index contributed by atoms with van der Waals surface area (Å²) in [6.45, 7) is 1.37. The van der Waals surface area contributed by atoms with Crippen LogP contribution >= 0.6 is 0 Å². The first kappa shape index (κ1) is 12.4. The predicted octanol–water partition coefficient (Wildman–Crippen LogP) is 0.972. The molecule has 1 atom stereocenters. The number of ether oxygens (including phenoxy) is 1. The Labute approximate surface area is 102 Å². The normalized spacial score (nSPS) is 20.4. The van der Waals surface area contributed by atoms with E-state index in [1.165, 1.54) is 0 Å². The van der Waals surface area contributed by atoms with Crippen molar-refractivity contribution in [3.63, 3.8) is 0 Å². The Morgan fingerprint density at radius 3 is 2.94 bits per heavy atom. The van der Waals surface area contributed by atoms with Gasteiger partial charge in [0.1, 0.15) is 5.75 Å². The summed E-state index contributed by atoms with van der Waals surface area (Å²) in [5, 5.41) is 2.84. The van der Waals surface area contributed by atoms with E-state index < -0.39 is 9.84 Å². The first-order valence-electron chi connectivity index (χ1n) is 5.67. The van der Waals surface area contributed by atoms with E-state index >= 15 is 0 Å². The van der Waals surface area contributed by atoms with Gasteiger partial charge in [-0.15, -0.1) is 0 Å². The number of hydrogen-bond donors (Lipinski definition) is 1. The molecular formula is C12H17NO3S. The van der Waals surface area contributed by atoms with Crippen LogP contribution in [-0.4, -0.2) is 33.9 Å². The fourth-order valence-electron chi connectivity index (χ4n) is 2.05. The molecule has 1 unspecified atom stereocenters. The van der Waals surface area contributed by atoms with Gasteiger partial charge in [-0.1, -0.05) is 12.1 Å². The van der Waals surface area contributed by atoms with Crippen LogP contribution in [0.3, 0.4) is 0 Å². The topological polar surface area (TPSA) is 55.4 Å². The quantitative estimate of drug-likeness (QED) is 0.871. The first-order chi connectivity index (χ1) is 8.12. The van der Waals surface area contributed by atoms with Crippen molar-refractivity contribution in [3.8, 4) is 5.75 Å². The van der Waals surface area contributed by atoms with Gasteiger partial charge < -0.3 is 10.1 Å². The molecule has 0 aliphatic carbocycles. The molecule has 1 aliphatic heterocycles. The van der Waals surface area contributed by atoms with Crippen LogP contribution in [0.5, 0.6) is 5.75 Å². The lowest BCUT2D eigenvalue weighted by Gasteiger charge is -2.11. The van der Waals surface area contributed by atoms with E-state index in [1.54, 1.807) is 13.2 Å². The molecule has 17 heavy (non-hydrogen) atoms. The monoisotopic (exact) mass is 255 g/mol. The summed E-state index contributed by atoms with van der Waals surface area (Å²) in [4.78, 5) is 0. The van der Waals surface area contributed by atoms with E-state index in [0.717, 1.165) is 12.1 Å². The minimum Gasteiger partial charge on any atom is -0.497 e. The summed E-state index contributed by atoms with van der Waals surface area (Å²) in [6, 6.07) is 7.23. The highest BCUT2D eigenvalue weighted by molar-refractivity contribution is 7.91. The number of benzene rings is 1. The van der Waals surface area contributed by atoms with Gasteiger partial charge in [-0.25, -0.2) is 8.42 Å². The van der Waals surface area contributed by atoms with Crippen molar-refractivity contribution in [2.24, 2.45) is 0 Å². The summed E-state index contributed by atoms with van der Waals surface area (Å²) < 4.78 is 29.3. The van der Waals surface area contributed by atoms with E-state index in [0.29, 0.717) is 18.7 Å². The number of rotatable bonds is 4. The molecule has 1 aromatic rings. The van der Waals surface area contributed by atoms with Crippen molar-refractivity contribution < 1.29 is 13.2 Å². The summed E-state index contributed by atoms with van der Waals surface area (Å²) in [5.74, 6) is 0.790. The van der Waals surface area contributed by atoms with Crippen LogP contribution in [0.4, 0.5) is 0 Å². The average molecular weight is 255 g/mol. The molecule has 1 saturated heterocycles. The Bertz CT molecular complexity index is 478. The van der Waals surface area contributed by atoms with Crippen LogP contribution in [0.2, 0.25) is 0 Å². The van der Waals surface area contributed by atoms with E-state index in [4.69, 9.17) is 4.74 Å². The molecule has 2 rings (SSSR count). The van der Waals surface area contributed by atoms with Crippen LogP contribution in [-0.2, 0) is 15.6 Å². The van der Waals surface area contributed by atoms with Gasteiger partial charge >= 0.3 is 0 Å². The summed E-state index contributed by atoms with van der Waals surface area (Å²) >= 11 is 0. The van der Waals surface area contributed by atoms with E-state index in [9.17, 15) is 8.42 Å². The van der Waals surface area contributed by atoms with Gasteiger partial charge in [-0.05, 0) is 30.7 Å². The fourth-order valence-corrected chi connectivity index (χ4v) is 3.78. The van der Waals surface area contributed by atoms with E-state index in [1.807, 2.05) is 18.2 Å². The Morgan fingerprint density at radius 1 is 1.47 bits per heavy atom. The molecule has 94 valence electrons. The molecule has 1 heterocycles. The Balaban J connectivity index is 2.13. The third-order valence-electron chi connectivity index (χ3n) is 3.02. The lowest BCUT2D eigenvalue weighted by Crippen LogP contribution is -2.25. The van der Waals surface area contributed by atoms with E-state index in [-0.39, 0.29) is 11.0 Å². The van der Waals surface area contributed by atoms with Crippen molar-refractivity contribution in [1.29, 1.82) is 0 Å². The van der Waals surface area contributed by atoms with Gasteiger partial charge in [0.25, 0.3) is 0 Å². The van der Waals surface area contributed by atoms with Gasteiger partial charge in [0.15, 0.2) is 9.84 Å². The predicted molar refractivity (Wildman–Crippen MR) is 66.9 cm³/mol. The second-order valence-electron chi connectivity index (χ2n) is 4.27. The van der Waals surface area contributed by atoms with Crippen LogP contribution in [0.25, 0.3) is 0 Å². The van der Waals surface area contributed by atoms with Crippen molar-refractivity contribution in [2.75, 3.05) is 20.2 Å². The maximum atomic E-state index is 12.1. The highest BCUT2D eigenvalue weighted by Gasteiger charge is 2.28. The molecule has 1 aliphatic rings. The molecule has 5 heteroatoms. The Kier molecular flexibility index (Phi) is 3.69. The average Bonchev–Trinajstić information content (AvgIpc) is 2.83. The second-order valence-corrected chi connectivity index (χ2v) is 6.55. The smallest absolute Gasteiger partial charge is 0.158 e. The number of nitrogens with one attached hydrogen (secondary N) is 1. The molecule has 1 N–H and O–H groups in total. The minimum absolute atomic E-state index is 0.0938. The molecule has 1 aromatic carbocycles. The molecular weight excluding hydrogens is 238 g/mol. The molecule has 0 aromatic heterocycles. The summed E-state index contributed by atoms with van der Waals surface area (Å²) in [5.41, 5.74) is 0.788. The molecule has 0 spiro atoms. The van der Waals surface area contributed by atoms with Gasteiger partial charge in [-0.3, -0.25) is 0 Å². The van der Waals surface area contributed by atoms with Crippen molar-refractivity contribution in [1.82, 2.24) is 5.32 Å². The van der Waals surface area contributed by atoms with Crippen LogP contribution < -0.4 is 10.1 Å². The van der Waals surface area contributed by atoms with Gasteiger partial charge in [-0.2, -0.15) is 0 Å². The number of methoxy groups -OCH3 is 1. The van der Waals surface area contributed by atoms with Crippen LogP contribution in [0, 0.1) is 0 Å². The van der Waals surface area contributed by atoms with Gasteiger partial charge in [0, 0.05) is 6.54 Å². The number of hydrogen-bond acceptors (Lipinski definition) is 4. The summed E-state index contributed by atoms with van der Waals surface area (Å²) in [6.07, 6.45) is 0.715. The van der Waals surface area contributed by atoms with E-state index in [2.05, 4.69) is 5.32 Å². The second kappa shape index (κ2) is 5.06. The van der Waals surface area contributed by atoms with Gasteiger partial charge in [0.05, 0.1) is 18.1 Å². The molecule has 0 bridgehead atoms. The lowest BCUT2D eigenvalue weighted by molar-refractivity contribution is 0.414. The third-order valence-corrected chi connectivity index (χ3v) is 5.18. The Morgan fingerprint density at radius 2 is 2.29 bits per heavy atom. The zero-order chi connectivity index (χ0) is 12.3. The maximum absolute atomic E-state index is 12.1. The minimum atomic E-state index is -3.06. The maximum Gasteiger partial charge on any atom is 0.158 e. The SMILES string of the molecule is COc1cccc(CS(=O)(=O)C2CCNC2)c1. The number of sulfone groups is 1. The molecule has 4 nitrogen and oxygen atoms in total. The highest BCUT2D eigenvalue weighted by atomic mass is 32.2. The Hall–Kier alpha value is -1.07. The zero-order valence-corrected chi connectivity index (χ0v) is 10.7.